The summed E-state index contributed by atoms with van der Waals surface area (Å²) in [6.07, 6.45) is 1.26. The second-order valence-electron chi connectivity index (χ2n) is 5.81. The highest BCUT2D eigenvalue weighted by atomic mass is 16.6. The number of amides is 1. The van der Waals surface area contributed by atoms with Crippen molar-refractivity contribution in [3.63, 3.8) is 0 Å². The van der Waals surface area contributed by atoms with E-state index in [1.165, 1.54) is 36.5 Å². The fourth-order valence-corrected chi connectivity index (χ4v) is 2.40. The molecule has 2 aromatic carbocycles. The van der Waals surface area contributed by atoms with Crippen LogP contribution in [0.5, 0.6) is 5.75 Å². The third-order valence-corrected chi connectivity index (χ3v) is 3.79. The third-order valence-electron chi connectivity index (χ3n) is 3.79. The number of nitrogens with one attached hydrogen (secondary N) is 1. The van der Waals surface area contributed by atoms with Crippen molar-refractivity contribution in [2.24, 2.45) is 5.10 Å². The molecule has 1 N–H and O–H groups in total. The van der Waals surface area contributed by atoms with Crippen LogP contribution in [0.4, 0.5) is 11.4 Å². The fourth-order valence-electron chi connectivity index (χ4n) is 2.40. The maximum absolute atomic E-state index is 11.8. The fraction of sp³-hybridized carbons (Fsp3) is 0.0526. The average molecular weight is 410 g/mol. The normalized spacial score (nSPS) is 10.7. The van der Waals surface area contributed by atoms with Gasteiger partial charge < -0.3 is 9.15 Å². The van der Waals surface area contributed by atoms with Crippen LogP contribution >= 0.6 is 0 Å². The second-order valence-corrected chi connectivity index (χ2v) is 5.81. The van der Waals surface area contributed by atoms with E-state index in [0.29, 0.717) is 17.1 Å². The summed E-state index contributed by atoms with van der Waals surface area (Å²) >= 11 is 0. The number of carbonyl (C=O) groups excluding carboxylic acids is 1. The zero-order valence-corrected chi connectivity index (χ0v) is 15.3. The summed E-state index contributed by atoms with van der Waals surface area (Å²) in [7, 11) is 0. The monoisotopic (exact) mass is 410 g/mol. The van der Waals surface area contributed by atoms with Crippen LogP contribution in [-0.4, -0.2) is 28.6 Å². The molecule has 0 unspecified atom stereocenters. The van der Waals surface area contributed by atoms with Crippen molar-refractivity contribution >= 4 is 23.5 Å². The number of hydrazone groups is 1. The number of furan rings is 1. The van der Waals surface area contributed by atoms with E-state index in [1.807, 2.05) is 0 Å². The summed E-state index contributed by atoms with van der Waals surface area (Å²) in [4.78, 5) is 32.3. The van der Waals surface area contributed by atoms with Gasteiger partial charge in [0, 0.05) is 23.8 Å². The highest BCUT2D eigenvalue weighted by Crippen LogP contribution is 2.26. The van der Waals surface area contributed by atoms with E-state index >= 15 is 0 Å². The quantitative estimate of drug-likeness (QED) is 0.340. The minimum absolute atomic E-state index is 0.0274. The first-order chi connectivity index (χ1) is 14.4. The SMILES string of the molecule is O=C(COc1ccccc1[N+](=O)[O-])N/N=C/c1ccc(-c2ccc([N+](=O)[O-])cc2)o1. The van der Waals surface area contributed by atoms with Gasteiger partial charge in [-0.25, -0.2) is 5.43 Å². The number of rotatable bonds is 8. The predicted molar refractivity (Wildman–Crippen MR) is 105 cm³/mol. The molecule has 0 fully saturated rings. The number of benzene rings is 2. The zero-order valence-electron chi connectivity index (χ0n) is 15.3. The van der Waals surface area contributed by atoms with Gasteiger partial charge in [0.15, 0.2) is 12.4 Å². The molecule has 0 radical (unpaired) electrons. The Bertz CT molecular complexity index is 1110. The lowest BCUT2D eigenvalue weighted by atomic mass is 10.1. The Morgan fingerprint density at radius 2 is 1.77 bits per heavy atom. The first-order valence-corrected chi connectivity index (χ1v) is 8.47. The van der Waals surface area contributed by atoms with E-state index in [0.717, 1.165) is 0 Å². The lowest BCUT2D eigenvalue weighted by Gasteiger charge is -2.05. The lowest BCUT2D eigenvalue weighted by molar-refractivity contribution is -0.385. The molecule has 0 aliphatic heterocycles. The number of carbonyl (C=O) groups is 1. The molecule has 0 atom stereocenters. The van der Waals surface area contributed by atoms with Crippen molar-refractivity contribution in [1.29, 1.82) is 0 Å². The topological polar surface area (TPSA) is 150 Å². The Kier molecular flexibility index (Phi) is 6.13. The summed E-state index contributed by atoms with van der Waals surface area (Å²) in [6, 6.07) is 14.8. The highest BCUT2D eigenvalue weighted by molar-refractivity contribution is 5.81. The van der Waals surface area contributed by atoms with Crippen LogP contribution in [0.1, 0.15) is 5.76 Å². The molecule has 0 aliphatic rings. The van der Waals surface area contributed by atoms with Crippen LogP contribution in [0.25, 0.3) is 11.3 Å². The Morgan fingerprint density at radius 1 is 1.03 bits per heavy atom. The maximum Gasteiger partial charge on any atom is 0.310 e. The van der Waals surface area contributed by atoms with Crippen molar-refractivity contribution in [2.45, 2.75) is 0 Å². The molecule has 0 aliphatic carbocycles. The predicted octanol–water partition coefficient (Wildman–Crippen LogP) is 3.29. The Morgan fingerprint density at radius 3 is 2.47 bits per heavy atom. The molecule has 11 heteroatoms. The Hall–Kier alpha value is -4.54. The summed E-state index contributed by atoms with van der Waals surface area (Å²) in [5, 5.41) is 25.3. The highest BCUT2D eigenvalue weighted by Gasteiger charge is 2.14. The van der Waals surface area contributed by atoms with Gasteiger partial charge in [0.2, 0.25) is 0 Å². The van der Waals surface area contributed by atoms with Crippen LogP contribution in [0.15, 0.2) is 70.2 Å². The van der Waals surface area contributed by atoms with Crippen molar-refractivity contribution < 1.29 is 23.8 Å². The molecule has 1 amide bonds. The first-order valence-electron chi connectivity index (χ1n) is 8.47. The number of nitro groups is 2. The lowest BCUT2D eigenvalue weighted by Crippen LogP contribution is -2.24. The molecular formula is C19H14N4O7. The number of hydrogen-bond donors (Lipinski definition) is 1. The van der Waals surface area contributed by atoms with Gasteiger partial charge in [0.1, 0.15) is 11.5 Å². The molecule has 0 saturated carbocycles. The molecule has 30 heavy (non-hydrogen) atoms. The van der Waals surface area contributed by atoms with Crippen LogP contribution in [-0.2, 0) is 4.79 Å². The summed E-state index contributed by atoms with van der Waals surface area (Å²) in [5.41, 5.74) is 2.58. The van der Waals surface area contributed by atoms with Crippen LogP contribution in [0.3, 0.4) is 0 Å². The van der Waals surface area contributed by atoms with Gasteiger partial charge in [-0.1, -0.05) is 12.1 Å². The van der Waals surface area contributed by atoms with Gasteiger partial charge in [-0.2, -0.15) is 5.10 Å². The molecule has 1 aromatic heterocycles. The van der Waals surface area contributed by atoms with Crippen molar-refractivity contribution in [3.05, 3.63) is 86.7 Å². The minimum atomic E-state index is -0.619. The Balaban J connectivity index is 1.54. The van der Waals surface area contributed by atoms with Crippen LogP contribution < -0.4 is 10.2 Å². The van der Waals surface area contributed by atoms with Gasteiger partial charge in [-0.05, 0) is 30.3 Å². The van der Waals surface area contributed by atoms with Gasteiger partial charge >= 0.3 is 5.69 Å². The number of para-hydroxylation sites is 2. The molecule has 0 saturated heterocycles. The van der Waals surface area contributed by atoms with Crippen molar-refractivity contribution in [3.8, 4) is 17.1 Å². The number of non-ortho nitro benzene ring substituents is 1. The summed E-state index contributed by atoms with van der Waals surface area (Å²) in [6.45, 7) is -0.464. The van der Waals surface area contributed by atoms with Gasteiger partial charge in [0.05, 0.1) is 16.1 Å². The smallest absolute Gasteiger partial charge is 0.310 e. The molecule has 3 rings (SSSR count). The third kappa shape index (κ3) is 5.04. The van der Waals surface area contributed by atoms with E-state index in [1.54, 1.807) is 30.3 Å². The van der Waals surface area contributed by atoms with Crippen molar-refractivity contribution in [2.75, 3.05) is 6.61 Å². The second kappa shape index (κ2) is 9.10. The number of nitro benzene ring substituents is 2. The van der Waals surface area contributed by atoms with Crippen LogP contribution in [0.2, 0.25) is 0 Å². The molecule has 152 valence electrons. The van der Waals surface area contributed by atoms with Gasteiger partial charge in [-0.15, -0.1) is 0 Å². The van der Waals surface area contributed by atoms with Gasteiger partial charge in [-0.3, -0.25) is 25.0 Å². The van der Waals surface area contributed by atoms with E-state index in [2.05, 4.69) is 10.5 Å². The molecule has 3 aromatic rings. The van der Waals surface area contributed by atoms with Crippen molar-refractivity contribution in [1.82, 2.24) is 5.43 Å². The van der Waals surface area contributed by atoms with Crippen LogP contribution in [0, 0.1) is 20.2 Å². The van der Waals surface area contributed by atoms with Gasteiger partial charge in [0.25, 0.3) is 11.6 Å². The standard InChI is InChI=1S/C19H14N4O7/c24-19(12-29-18-4-2-1-3-16(18)23(27)28)21-20-11-15-9-10-17(30-15)13-5-7-14(8-6-13)22(25)26/h1-11H,12H2,(H,21,24)/b20-11+. The summed E-state index contributed by atoms with van der Waals surface area (Å²) in [5.74, 6) is 0.160. The van der Waals surface area contributed by atoms with E-state index in [9.17, 15) is 25.0 Å². The molecule has 11 nitrogen and oxygen atoms in total. The minimum Gasteiger partial charge on any atom is -0.477 e. The molecular weight excluding hydrogens is 396 g/mol. The number of nitrogens with zero attached hydrogens (tertiary/aromatic N) is 3. The first kappa shape index (κ1) is 20.2. The van der Waals surface area contributed by atoms with E-state index in [-0.39, 0.29) is 17.1 Å². The van der Waals surface area contributed by atoms with E-state index < -0.39 is 22.4 Å². The molecule has 0 bridgehead atoms. The summed E-state index contributed by atoms with van der Waals surface area (Å²) < 4.78 is 10.7. The number of hydrogen-bond acceptors (Lipinski definition) is 8. The number of ether oxygens (including phenoxy) is 1. The zero-order chi connectivity index (χ0) is 21.5. The largest absolute Gasteiger partial charge is 0.477 e. The average Bonchev–Trinajstić information content (AvgIpc) is 3.21. The Labute approximate surface area is 168 Å². The molecule has 1 heterocycles. The maximum atomic E-state index is 11.8. The molecule has 0 spiro atoms. The van der Waals surface area contributed by atoms with E-state index in [4.69, 9.17) is 9.15 Å².